The first-order valence-electron chi connectivity index (χ1n) is 25.6. The second-order valence-corrected chi connectivity index (χ2v) is 19.0. The molecule has 4 N–H and O–H groups in total. The van der Waals surface area contributed by atoms with Gasteiger partial charge in [0, 0.05) is 34.9 Å². The lowest BCUT2D eigenvalue weighted by Gasteiger charge is -2.20. The van der Waals surface area contributed by atoms with Crippen LogP contribution in [0.25, 0.3) is 0 Å². The summed E-state index contributed by atoms with van der Waals surface area (Å²) in [6, 6.07) is 50.3. The van der Waals surface area contributed by atoms with Crippen LogP contribution in [0.1, 0.15) is 131 Å². The summed E-state index contributed by atoms with van der Waals surface area (Å²) in [5, 5.41) is 19.1. The van der Waals surface area contributed by atoms with Crippen LogP contribution < -0.4 is 20.1 Å². The molecular formula is C64H60F3N3O11. The van der Waals surface area contributed by atoms with Crippen molar-refractivity contribution in [3.8, 4) is 17.2 Å². The first kappa shape index (κ1) is 59.7. The smallest absolute Gasteiger partial charge is 0.285 e. The van der Waals surface area contributed by atoms with Crippen molar-refractivity contribution in [2.24, 2.45) is 5.90 Å². The number of aliphatic hydroxyl groups is 1. The van der Waals surface area contributed by atoms with Crippen LogP contribution in [0.2, 0.25) is 0 Å². The average Bonchev–Trinajstić information content (AvgIpc) is 3.89. The van der Waals surface area contributed by atoms with Gasteiger partial charge in [-0.05, 0) is 119 Å². The molecule has 10 rings (SSSR count). The maximum atomic E-state index is 14.7. The summed E-state index contributed by atoms with van der Waals surface area (Å²) in [4.78, 5) is 57.1. The molecule has 0 aliphatic carbocycles. The lowest BCUT2D eigenvalue weighted by Crippen LogP contribution is -2.31. The number of nitrogens with two attached hydrogens (primary N) is 1. The summed E-state index contributed by atoms with van der Waals surface area (Å²) < 4.78 is 58.9. The van der Waals surface area contributed by atoms with Gasteiger partial charge in [-0.1, -0.05) is 114 Å². The molecule has 0 bridgehead atoms. The first-order valence-corrected chi connectivity index (χ1v) is 25.6. The van der Waals surface area contributed by atoms with Crippen molar-refractivity contribution in [1.29, 1.82) is 0 Å². The van der Waals surface area contributed by atoms with Crippen LogP contribution >= 0.6 is 0 Å². The van der Waals surface area contributed by atoms with Crippen LogP contribution in [-0.4, -0.2) is 44.1 Å². The van der Waals surface area contributed by atoms with Crippen molar-refractivity contribution in [2.75, 3.05) is 0 Å². The van der Waals surface area contributed by atoms with Crippen molar-refractivity contribution >= 4 is 23.6 Å². The van der Waals surface area contributed by atoms with Gasteiger partial charge in [-0.25, -0.2) is 19.1 Å². The number of fused-ring (bicyclic) bond motifs is 2. The number of aliphatic hydroxyl groups excluding tert-OH is 1. The predicted octanol–water partition coefficient (Wildman–Crippen LogP) is 13.1. The molecule has 0 saturated heterocycles. The van der Waals surface area contributed by atoms with Gasteiger partial charge < -0.3 is 19.3 Å². The Balaban J connectivity index is 0.000000163. The Hall–Kier alpha value is -8.97. The minimum Gasteiger partial charge on any atom is -0.489 e. The van der Waals surface area contributed by atoms with Crippen LogP contribution in [0.5, 0.6) is 17.2 Å². The van der Waals surface area contributed by atoms with Gasteiger partial charge >= 0.3 is 0 Å². The third-order valence-corrected chi connectivity index (χ3v) is 12.8. The third-order valence-electron chi connectivity index (χ3n) is 12.8. The Bertz CT molecular complexity index is 3420. The van der Waals surface area contributed by atoms with E-state index >= 15 is 0 Å². The van der Waals surface area contributed by atoms with Gasteiger partial charge in [-0.15, -0.1) is 10.1 Å². The normalized spacial score (nSPS) is 13.3. The molecule has 17 heteroatoms. The number of benzene rings is 8. The van der Waals surface area contributed by atoms with Crippen LogP contribution in [0.15, 0.2) is 176 Å². The molecule has 2 aliphatic rings. The minimum atomic E-state index is -0.849. The summed E-state index contributed by atoms with van der Waals surface area (Å²) in [5.74, 6) is 2.59. The van der Waals surface area contributed by atoms with E-state index in [1.807, 2.05) is 93.6 Å². The molecule has 0 spiro atoms. The van der Waals surface area contributed by atoms with Crippen molar-refractivity contribution < 1.29 is 66.5 Å². The lowest BCUT2D eigenvalue weighted by molar-refractivity contribution is -0.129. The maximum Gasteiger partial charge on any atom is 0.285 e. The highest BCUT2D eigenvalue weighted by Gasteiger charge is 2.38. The minimum absolute atomic E-state index is 0.130. The third kappa shape index (κ3) is 15.7. The molecule has 14 nitrogen and oxygen atoms in total. The molecular weight excluding hydrogens is 1040 g/mol. The van der Waals surface area contributed by atoms with Crippen molar-refractivity contribution in [1.82, 2.24) is 10.1 Å². The molecule has 81 heavy (non-hydrogen) atoms. The number of hydroxylamine groups is 4. The number of rotatable bonds is 15. The van der Waals surface area contributed by atoms with E-state index in [4.69, 9.17) is 30.2 Å². The number of ether oxygens (including phenoxy) is 3. The fraction of sp³-hybridized carbons (Fsp3) is 0.188. The van der Waals surface area contributed by atoms with E-state index in [0.29, 0.717) is 47.7 Å². The summed E-state index contributed by atoms with van der Waals surface area (Å²) in [6.45, 7) is 12.0. The van der Waals surface area contributed by atoms with E-state index in [1.54, 1.807) is 80.6 Å². The molecule has 4 amide bonds. The SMILES string of the molecule is Cc1ccc(COc2ccc(C(C)O)c(F)c2)cc1.Cc1ccc(COc2ccc(C(C)ON)c(F)c2)cc1.Cc1ccc(COc2ccc(C(C)ON3C(=O)c4ccccc4C3=O)c(F)c2)cc1.O=C1c2ccccc2C(=O)N1O. The average molecular weight is 1100 g/mol. The molecule has 2 aliphatic heterocycles. The zero-order chi connectivity index (χ0) is 58.3. The molecule has 0 aromatic heterocycles. The number of carbonyl (C=O) groups excluding carboxylic acids is 4. The van der Waals surface area contributed by atoms with Crippen LogP contribution in [0, 0.1) is 38.2 Å². The Labute approximate surface area is 467 Å². The van der Waals surface area contributed by atoms with Crippen LogP contribution in [0.3, 0.4) is 0 Å². The van der Waals surface area contributed by atoms with Crippen LogP contribution in [0.4, 0.5) is 13.2 Å². The highest BCUT2D eigenvalue weighted by Crippen LogP contribution is 2.31. The second-order valence-electron chi connectivity index (χ2n) is 19.0. The number of hydrogen-bond donors (Lipinski definition) is 3. The van der Waals surface area contributed by atoms with E-state index in [2.05, 4.69) is 4.84 Å². The number of hydrogen-bond acceptors (Lipinski definition) is 12. The number of aryl methyl sites for hydroxylation is 3. The van der Waals surface area contributed by atoms with Gasteiger partial charge in [-0.3, -0.25) is 34.1 Å². The zero-order valence-electron chi connectivity index (χ0n) is 45.3. The Morgan fingerprint density at radius 2 is 0.753 bits per heavy atom. The van der Waals surface area contributed by atoms with Gasteiger partial charge in [0.1, 0.15) is 66.7 Å². The largest absolute Gasteiger partial charge is 0.489 e. The molecule has 418 valence electrons. The van der Waals surface area contributed by atoms with Crippen molar-refractivity contribution in [2.45, 2.75) is 79.7 Å². The number of imide groups is 2. The number of carbonyl (C=O) groups is 4. The van der Waals surface area contributed by atoms with Gasteiger partial charge in [0.15, 0.2) is 0 Å². The number of amides is 4. The molecule has 3 atom stereocenters. The number of nitrogens with zero attached hydrogens (tertiary/aromatic N) is 2. The molecule has 2 heterocycles. The van der Waals surface area contributed by atoms with Gasteiger partial charge in [0.25, 0.3) is 23.6 Å². The second kappa shape index (κ2) is 27.8. The van der Waals surface area contributed by atoms with E-state index in [1.165, 1.54) is 54.4 Å². The van der Waals surface area contributed by atoms with E-state index in [9.17, 15) is 37.5 Å². The van der Waals surface area contributed by atoms with Crippen molar-refractivity contribution in [3.05, 3.63) is 266 Å². The highest BCUT2D eigenvalue weighted by atomic mass is 19.1. The Kier molecular flexibility index (Phi) is 20.5. The van der Waals surface area contributed by atoms with E-state index in [0.717, 1.165) is 22.3 Å². The van der Waals surface area contributed by atoms with Gasteiger partial charge in [0.2, 0.25) is 0 Å². The van der Waals surface area contributed by atoms with Gasteiger partial charge in [-0.2, -0.15) is 0 Å². The molecule has 0 radical (unpaired) electrons. The first-order chi connectivity index (χ1) is 38.8. The van der Waals surface area contributed by atoms with Gasteiger partial charge in [0.05, 0.1) is 28.4 Å². The predicted molar refractivity (Wildman–Crippen MR) is 295 cm³/mol. The fourth-order valence-corrected chi connectivity index (χ4v) is 8.07. The van der Waals surface area contributed by atoms with Crippen molar-refractivity contribution in [3.63, 3.8) is 0 Å². The van der Waals surface area contributed by atoms with E-state index < -0.39 is 53.6 Å². The number of halogens is 3. The summed E-state index contributed by atoms with van der Waals surface area (Å²) in [5.41, 5.74) is 8.56. The maximum absolute atomic E-state index is 14.7. The summed E-state index contributed by atoms with van der Waals surface area (Å²) in [6.07, 6.45) is -2.15. The monoisotopic (exact) mass is 1100 g/mol. The molecule has 0 fully saturated rings. The Morgan fingerprint density at radius 3 is 1.06 bits per heavy atom. The summed E-state index contributed by atoms with van der Waals surface area (Å²) in [7, 11) is 0. The fourth-order valence-electron chi connectivity index (χ4n) is 8.07. The summed E-state index contributed by atoms with van der Waals surface area (Å²) >= 11 is 0. The molecule has 3 unspecified atom stereocenters. The standard InChI is InChI=1S/C24H20FNO4.C16H18FNO2.C16H17FO2.C8H5NO3/c1-15-7-9-17(10-8-15)14-29-18-11-12-19(22(25)13-18)16(2)30-26-23(27)20-5-3-4-6-21(20)24(26)28;1-11-3-5-13(6-4-11)10-19-14-7-8-15(12(2)20-18)16(17)9-14;1-11-3-5-13(6-4-11)10-19-14-7-8-15(12(2)18)16(17)9-14;10-7-5-3-1-2-4-6(5)8(11)9(7)12/h3-13,16H,14H2,1-2H3;3-9,12H,10,18H2,1-2H3;3-9,12,18H,10H2,1-2H3;1-4,12H. The zero-order valence-corrected chi connectivity index (χ0v) is 45.3. The van der Waals surface area contributed by atoms with E-state index in [-0.39, 0.29) is 44.3 Å². The molecule has 8 aromatic carbocycles. The van der Waals surface area contributed by atoms with Crippen LogP contribution in [-0.2, 0) is 29.5 Å². The Morgan fingerprint density at radius 1 is 0.444 bits per heavy atom. The topological polar surface area (TPSA) is 187 Å². The quantitative estimate of drug-likeness (QED) is 0.0502. The lowest BCUT2D eigenvalue weighted by atomic mass is 10.1. The molecule has 0 saturated carbocycles. The highest BCUT2D eigenvalue weighted by molar-refractivity contribution is 6.21. The molecule has 8 aromatic rings.